The Morgan fingerprint density at radius 2 is 1.60 bits per heavy atom. The van der Waals surface area contributed by atoms with Gasteiger partial charge in [-0.25, -0.2) is 0 Å². The highest BCUT2D eigenvalue weighted by Crippen LogP contribution is 2.10. The number of rotatable bonds is 13. The zero-order valence-electron chi connectivity index (χ0n) is 13.4. The van der Waals surface area contributed by atoms with E-state index in [-0.39, 0.29) is 5.91 Å². The molecular formula is C17H34N2O. The van der Waals surface area contributed by atoms with Gasteiger partial charge in [-0.1, -0.05) is 64.7 Å². The molecule has 1 rings (SSSR count). The van der Waals surface area contributed by atoms with Gasteiger partial charge in [0.15, 0.2) is 0 Å². The van der Waals surface area contributed by atoms with E-state index in [9.17, 15) is 4.79 Å². The Balaban J connectivity index is 1.71. The molecule has 1 saturated heterocycles. The second-order valence-electron chi connectivity index (χ2n) is 6.19. The largest absolute Gasteiger partial charge is 0.352 e. The SMILES string of the molecule is CCCCCCCCCCCCNCC1CCC(=O)N1. The van der Waals surface area contributed by atoms with Crippen LogP contribution in [0.3, 0.4) is 0 Å². The van der Waals surface area contributed by atoms with Gasteiger partial charge < -0.3 is 10.6 Å². The number of carbonyl (C=O) groups excluding carboxylic acids is 1. The summed E-state index contributed by atoms with van der Waals surface area (Å²) in [7, 11) is 0. The highest BCUT2D eigenvalue weighted by atomic mass is 16.1. The third-order valence-electron chi connectivity index (χ3n) is 4.18. The van der Waals surface area contributed by atoms with Crippen molar-refractivity contribution in [2.24, 2.45) is 0 Å². The standard InChI is InChI=1S/C17H34N2O/c1-2-3-4-5-6-7-8-9-10-11-14-18-15-16-12-13-17(20)19-16/h16,18H,2-15H2,1H3,(H,19,20). The number of nitrogens with one attached hydrogen (secondary N) is 2. The monoisotopic (exact) mass is 282 g/mol. The summed E-state index contributed by atoms with van der Waals surface area (Å²) in [5.41, 5.74) is 0. The Hall–Kier alpha value is -0.570. The molecule has 1 unspecified atom stereocenters. The first-order valence-electron chi connectivity index (χ1n) is 8.83. The van der Waals surface area contributed by atoms with Gasteiger partial charge in [0.1, 0.15) is 0 Å². The molecule has 0 saturated carbocycles. The maximum Gasteiger partial charge on any atom is 0.220 e. The molecule has 0 radical (unpaired) electrons. The van der Waals surface area contributed by atoms with Gasteiger partial charge in [-0.3, -0.25) is 4.79 Å². The number of hydrogen-bond acceptors (Lipinski definition) is 2. The van der Waals surface area contributed by atoms with Gasteiger partial charge in [-0.15, -0.1) is 0 Å². The summed E-state index contributed by atoms with van der Waals surface area (Å²) in [6.45, 7) is 4.32. The van der Waals surface area contributed by atoms with Gasteiger partial charge >= 0.3 is 0 Å². The van der Waals surface area contributed by atoms with Crippen molar-refractivity contribution in [1.29, 1.82) is 0 Å². The van der Waals surface area contributed by atoms with E-state index in [2.05, 4.69) is 17.6 Å². The van der Waals surface area contributed by atoms with Crippen LogP contribution < -0.4 is 10.6 Å². The van der Waals surface area contributed by atoms with Crippen LogP contribution in [0.1, 0.15) is 84.0 Å². The molecule has 1 heterocycles. The zero-order valence-corrected chi connectivity index (χ0v) is 13.4. The first-order valence-corrected chi connectivity index (χ1v) is 8.83. The van der Waals surface area contributed by atoms with Crippen molar-refractivity contribution in [2.45, 2.75) is 90.0 Å². The smallest absolute Gasteiger partial charge is 0.220 e. The Morgan fingerprint density at radius 1 is 1.00 bits per heavy atom. The Bertz CT molecular complexity index is 243. The van der Waals surface area contributed by atoms with E-state index in [4.69, 9.17) is 0 Å². The topological polar surface area (TPSA) is 41.1 Å². The zero-order chi connectivity index (χ0) is 14.5. The van der Waals surface area contributed by atoms with E-state index in [0.717, 1.165) is 19.5 Å². The van der Waals surface area contributed by atoms with Crippen LogP contribution in [0.25, 0.3) is 0 Å². The molecule has 1 aliphatic heterocycles. The summed E-state index contributed by atoms with van der Waals surface area (Å²) >= 11 is 0. The van der Waals surface area contributed by atoms with Crippen molar-refractivity contribution in [3.05, 3.63) is 0 Å². The highest BCUT2D eigenvalue weighted by Gasteiger charge is 2.19. The van der Waals surface area contributed by atoms with Crippen LogP contribution in [0.5, 0.6) is 0 Å². The molecule has 1 fully saturated rings. The predicted octanol–water partition coefficient (Wildman–Crippen LogP) is 3.78. The lowest BCUT2D eigenvalue weighted by Crippen LogP contribution is -2.35. The molecule has 0 aromatic heterocycles. The minimum Gasteiger partial charge on any atom is -0.352 e. The average molecular weight is 282 g/mol. The minimum absolute atomic E-state index is 0.218. The molecule has 0 aromatic carbocycles. The minimum atomic E-state index is 0.218. The molecular weight excluding hydrogens is 248 g/mol. The molecule has 1 atom stereocenters. The average Bonchev–Trinajstić information content (AvgIpc) is 2.86. The van der Waals surface area contributed by atoms with Crippen LogP contribution in [0.2, 0.25) is 0 Å². The third kappa shape index (κ3) is 9.35. The maximum atomic E-state index is 11.0. The molecule has 0 bridgehead atoms. The molecule has 3 nitrogen and oxygen atoms in total. The summed E-state index contributed by atoms with van der Waals surface area (Å²) in [6.07, 6.45) is 15.6. The molecule has 0 spiro atoms. The first kappa shape index (κ1) is 17.5. The highest BCUT2D eigenvalue weighted by molar-refractivity contribution is 5.78. The molecule has 3 heteroatoms. The molecule has 2 N–H and O–H groups in total. The molecule has 1 aliphatic rings. The van der Waals surface area contributed by atoms with Crippen LogP contribution in [0.15, 0.2) is 0 Å². The van der Waals surface area contributed by atoms with Crippen molar-refractivity contribution in [1.82, 2.24) is 10.6 Å². The second-order valence-corrected chi connectivity index (χ2v) is 6.19. The lowest BCUT2D eigenvalue weighted by molar-refractivity contribution is -0.119. The van der Waals surface area contributed by atoms with Gasteiger partial charge in [0.05, 0.1) is 0 Å². The fraction of sp³-hybridized carbons (Fsp3) is 0.941. The Labute approximate surface area is 125 Å². The van der Waals surface area contributed by atoms with Crippen molar-refractivity contribution < 1.29 is 4.79 Å². The van der Waals surface area contributed by atoms with Crippen molar-refractivity contribution >= 4 is 5.91 Å². The van der Waals surface area contributed by atoms with Crippen LogP contribution in [-0.4, -0.2) is 25.0 Å². The third-order valence-corrected chi connectivity index (χ3v) is 4.18. The lowest BCUT2D eigenvalue weighted by atomic mass is 10.1. The van der Waals surface area contributed by atoms with Crippen LogP contribution >= 0.6 is 0 Å². The van der Waals surface area contributed by atoms with E-state index >= 15 is 0 Å². The lowest BCUT2D eigenvalue weighted by Gasteiger charge is -2.10. The van der Waals surface area contributed by atoms with Crippen LogP contribution in [-0.2, 0) is 4.79 Å². The molecule has 0 aromatic rings. The number of amides is 1. The second kappa shape index (κ2) is 12.2. The summed E-state index contributed by atoms with van der Waals surface area (Å²) in [5.74, 6) is 0.218. The van der Waals surface area contributed by atoms with E-state index in [1.165, 1.54) is 64.2 Å². The van der Waals surface area contributed by atoms with Gasteiger partial charge in [-0.2, -0.15) is 0 Å². The number of unbranched alkanes of at least 4 members (excludes halogenated alkanes) is 9. The first-order chi connectivity index (χ1) is 9.83. The maximum absolute atomic E-state index is 11.0. The Kier molecular flexibility index (Phi) is 10.7. The summed E-state index contributed by atoms with van der Waals surface area (Å²) in [6, 6.07) is 0.380. The Morgan fingerprint density at radius 3 is 2.15 bits per heavy atom. The number of carbonyl (C=O) groups is 1. The quantitative estimate of drug-likeness (QED) is 0.505. The van der Waals surface area contributed by atoms with E-state index < -0.39 is 0 Å². The van der Waals surface area contributed by atoms with Crippen LogP contribution in [0, 0.1) is 0 Å². The molecule has 20 heavy (non-hydrogen) atoms. The van der Waals surface area contributed by atoms with Gasteiger partial charge in [0.25, 0.3) is 0 Å². The molecule has 118 valence electrons. The van der Waals surface area contributed by atoms with Crippen molar-refractivity contribution in [3.63, 3.8) is 0 Å². The normalized spacial score (nSPS) is 18.4. The van der Waals surface area contributed by atoms with E-state index in [1.54, 1.807) is 0 Å². The van der Waals surface area contributed by atoms with Crippen LogP contribution in [0.4, 0.5) is 0 Å². The summed E-state index contributed by atoms with van der Waals surface area (Å²) in [5, 5.41) is 6.45. The van der Waals surface area contributed by atoms with Gasteiger partial charge in [0.2, 0.25) is 5.91 Å². The van der Waals surface area contributed by atoms with Gasteiger partial charge in [0, 0.05) is 19.0 Å². The molecule has 0 aliphatic carbocycles. The number of hydrogen-bond donors (Lipinski definition) is 2. The fourth-order valence-corrected chi connectivity index (χ4v) is 2.84. The van der Waals surface area contributed by atoms with Crippen molar-refractivity contribution in [3.8, 4) is 0 Å². The van der Waals surface area contributed by atoms with E-state index in [0.29, 0.717) is 12.5 Å². The predicted molar refractivity (Wildman–Crippen MR) is 85.9 cm³/mol. The fourth-order valence-electron chi connectivity index (χ4n) is 2.84. The molecule has 1 amide bonds. The van der Waals surface area contributed by atoms with E-state index in [1.807, 2.05) is 0 Å². The summed E-state index contributed by atoms with van der Waals surface area (Å²) < 4.78 is 0. The summed E-state index contributed by atoms with van der Waals surface area (Å²) in [4.78, 5) is 11.0. The van der Waals surface area contributed by atoms with Gasteiger partial charge in [-0.05, 0) is 19.4 Å². The van der Waals surface area contributed by atoms with Crippen molar-refractivity contribution in [2.75, 3.05) is 13.1 Å².